The summed E-state index contributed by atoms with van der Waals surface area (Å²) in [6.45, 7) is 0. The molecule has 0 spiro atoms. The minimum absolute atomic E-state index is 0.257. The van der Waals surface area contributed by atoms with Crippen LogP contribution in [-0.2, 0) is 0 Å². The van der Waals surface area contributed by atoms with Gasteiger partial charge in [0.2, 0.25) is 0 Å². The lowest BCUT2D eigenvalue weighted by molar-refractivity contribution is 0.103. The molecule has 0 amide bonds. The summed E-state index contributed by atoms with van der Waals surface area (Å²) in [5.74, 6) is -1.99. The highest BCUT2D eigenvalue weighted by molar-refractivity contribution is 14.1. The SMILES string of the molecule is O=C(c1cc(F)ccc1F)c1cc(Cl)ccc1I. The lowest BCUT2D eigenvalue weighted by Crippen LogP contribution is -2.07. The molecule has 0 fully saturated rings. The first-order valence-corrected chi connectivity index (χ1v) is 6.39. The maximum Gasteiger partial charge on any atom is 0.197 e. The Kier molecular flexibility index (Phi) is 3.97. The van der Waals surface area contributed by atoms with E-state index in [1.54, 1.807) is 12.1 Å². The molecule has 0 radical (unpaired) electrons. The molecule has 0 aromatic heterocycles. The van der Waals surface area contributed by atoms with Crippen LogP contribution in [0.5, 0.6) is 0 Å². The number of ketones is 1. The van der Waals surface area contributed by atoms with Gasteiger partial charge >= 0.3 is 0 Å². The topological polar surface area (TPSA) is 17.1 Å². The van der Waals surface area contributed by atoms with Crippen LogP contribution in [-0.4, -0.2) is 5.78 Å². The molecule has 0 aliphatic carbocycles. The largest absolute Gasteiger partial charge is 0.288 e. The Balaban J connectivity index is 2.54. The quantitative estimate of drug-likeness (QED) is 0.557. The monoisotopic (exact) mass is 378 g/mol. The second-order valence-electron chi connectivity index (χ2n) is 3.58. The van der Waals surface area contributed by atoms with Crippen molar-refractivity contribution >= 4 is 40.0 Å². The van der Waals surface area contributed by atoms with Gasteiger partial charge in [-0.05, 0) is 59.0 Å². The van der Waals surface area contributed by atoms with Crippen LogP contribution in [0.25, 0.3) is 0 Å². The fourth-order valence-corrected chi connectivity index (χ4v) is 2.24. The molecule has 2 aromatic carbocycles. The molecule has 0 aliphatic rings. The first kappa shape index (κ1) is 13.4. The van der Waals surface area contributed by atoms with Crippen molar-refractivity contribution in [3.63, 3.8) is 0 Å². The van der Waals surface area contributed by atoms with Crippen molar-refractivity contribution < 1.29 is 13.6 Å². The molecule has 2 aromatic rings. The molecule has 0 bridgehead atoms. The molecule has 0 N–H and O–H groups in total. The highest BCUT2D eigenvalue weighted by Crippen LogP contribution is 2.22. The first-order chi connectivity index (χ1) is 8.49. The van der Waals surface area contributed by atoms with Crippen LogP contribution in [0.1, 0.15) is 15.9 Å². The molecule has 1 nitrogen and oxygen atoms in total. The third-order valence-electron chi connectivity index (χ3n) is 2.35. The Labute approximate surface area is 121 Å². The highest BCUT2D eigenvalue weighted by atomic mass is 127. The molecule has 0 aliphatic heterocycles. The zero-order chi connectivity index (χ0) is 13.3. The maximum atomic E-state index is 13.5. The summed E-state index contributed by atoms with van der Waals surface area (Å²) in [4.78, 5) is 12.1. The Bertz CT molecular complexity index is 575. The number of halogens is 4. The summed E-state index contributed by atoms with van der Waals surface area (Å²) in [6.07, 6.45) is 0. The van der Waals surface area contributed by atoms with Crippen LogP contribution in [0.3, 0.4) is 0 Å². The maximum absolute atomic E-state index is 13.5. The summed E-state index contributed by atoms with van der Waals surface area (Å²) < 4.78 is 27.2. The molecule has 0 heterocycles. The smallest absolute Gasteiger partial charge is 0.197 e. The van der Waals surface area contributed by atoms with Crippen molar-refractivity contribution in [3.05, 3.63) is 67.8 Å². The molecule has 0 atom stereocenters. The molecule has 18 heavy (non-hydrogen) atoms. The number of carbonyl (C=O) groups is 1. The van der Waals surface area contributed by atoms with E-state index in [0.717, 1.165) is 18.2 Å². The van der Waals surface area contributed by atoms with Gasteiger partial charge in [-0.3, -0.25) is 4.79 Å². The Morgan fingerprint density at radius 1 is 1.06 bits per heavy atom. The predicted molar refractivity (Wildman–Crippen MR) is 74.0 cm³/mol. The zero-order valence-corrected chi connectivity index (χ0v) is 11.8. The Hall–Kier alpha value is -1.01. The van der Waals surface area contributed by atoms with Crippen molar-refractivity contribution in [1.29, 1.82) is 0 Å². The molecule has 0 saturated heterocycles. The van der Waals surface area contributed by atoms with Crippen LogP contribution in [0, 0.1) is 15.2 Å². The Morgan fingerprint density at radius 2 is 1.78 bits per heavy atom. The summed E-state index contributed by atoms with van der Waals surface area (Å²) in [6, 6.07) is 7.50. The second-order valence-corrected chi connectivity index (χ2v) is 5.18. The van der Waals surface area contributed by atoms with E-state index in [1.807, 2.05) is 22.6 Å². The van der Waals surface area contributed by atoms with E-state index in [0.29, 0.717) is 8.59 Å². The minimum atomic E-state index is -0.753. The van der Waals surface area contributed by atoms with E-state index in [-0.39, 0.29) is 11.1 Å². The van der Waals surface area contributed by atoms with Gasteiger partial charge in [0.1, 0.15) is 11.6 Å². The van der Waals surface area contributed by atoms with Crippen molar-refractivity contribution in [2.45, 2.75) is 0 Å². The van der Waals surface area contributed by atoms with Gasteiger partial charge in [0.25, 0.3) is 0 Å². The average molecular weight is 379 g/mol. The number of carbonyl (C=O) groups excluding carboxylic acids is 1. The van der Waals surface area contributed by atoms with Gasteiger partial charge in [-0.2, -0.15) is 0 Å². The fourth-order valence-electron chi connectivity index (χ4n) is 1.49. The fraction of sp³-hybridized carbons (Fsp3) is 0. The summed E-state index contributed by atoms with van der Waals surface area (Å²) in [5, 5.41) is 0.371. The summed E-state index contributed by atoms with van der Waals surface area (Å²) >= 11 is 7.74. The average Bonchev–Trinajstić information content (AvgIpc) is 2.34. The third-order valence-corrected chi connectivity index (χ3v) is 3.52. The van der Waals surface area contributed by atoms with Crippen molar-refractivity contribution in [2.24, 2.45) is 0 Å². The number of hydrogen-bond donors (Lipinski definition) is 0. The molecule has 2 rings (SSSR count). The van der Waals surface area contributed by atoms with Gasteiger partial charge in [0.15, 0.2) is 5.78 Å². The molecule has 92 valence electrons. The van der Waals surface area contributed by atoms with E-state index in [1.165, 1.54) is 6.07 Å². The van der Waals surface area contributed by atoms with Crippen LogP contribution < -0.4 is 0 Å². The number of benzene rings is 2. The molecule has 0 saturated carbocycles. The predicted octanol–water partition coefficient (Wildman–Crippen LogP) is 4.45. The Morgan fingerprint density at radius 3 is 2.50 bits per heavy atom. The van der Waals surface area contributed by atoms with Gasteiger partial charge in [-0.15, -0.1) is 0 Å². The number of rotatable bonds is 2. The van der Waals surface area contributed by atoms with E-state index >= 15 is 0 Å². The van der Waals surface area contributed by atoms with E-state index in [9.17, 15) is 13.6 Å². The lowest BCUT2D eigenvalue weighted by Gasteiger charge is -2.06. The minimum Gasteiger partial charge on any atom is -0.288 e. The molecular weight excluding hydrogens is 372 g/mol. The van der Waals surface area contributed by atoms with Crippen LogP contribution in [0.2, 0.25) is 5.02 Å². The van der Waals surface area contributed by atoms with Crippen molar-refractivity contribution in [3.8, 4) is 0 Å². The standard InChI is InChI=1S/C13H6ClF2IO/c14-7-1-4-12(17)10(5-7)13(18)9-6-8(15)2-3-11(9)16/h1-6H. The lowest BCUT2D eigenvalue weighted by atomic mass is 10.0. The van der Waals surface area contributed by atoms with Gasteiger partial charge in [0, 0.05) is 14.2 Å². The molecule has 5 heteroatoms. The van der Waals surface area contributed by atoms with Crippen molar-refractivity contribution in [2.75, 3.05) is 0 Å². The van der Waals surface area contributed by atoms with Gasteiger partial charge < -0.3 is 0 Å². The van der Waals surface area contributed by atoms with Gasteiger partial charge in [-0.25, -0.2) is 8.78 Å². The molecule has 0 unspecified atom stereocenters. The normalized spacial score (nSPS) is 10.4. The first-order valence-electron chi connectivity index (χ1n) is 4.94. The second kappa shape index (κ2) is 5.32. The van der Waals surface area contributed by atoms with Crippen molar-refractivity contribution in [1.82, 2.24) is 0 Å². The van der Waals surface area contributed by atoms with Gasteiger partial charge in [0.05, 0.1) is 5.56 Å². The third kappa shape index (κ3) is 2.70. The van der Waals surface area contributed by atoms with Crippen LogP contribution in [0.4, 0.5) is 8.78 Å². The highest BCUT2D eigenvalue weighted by Gasteiger charge is 2.17. The number of hydrogen-bond acceptors (Lipinski definition) is 1. The van der Waals surface area contributed by atoms with E-state index in [4.69, 9.17) is 11.6 Å². The summed E-state index contributed by atoms with van der Waals surface area (Å²) in [7, 11) is 0. The van der Waals surface area contributed by atoms with Crippen LogP contribution in [0.15, 0.2) is 36.4 Å². The zero-order valence-electron chi connectivity index (χ0n) is 8.88. The van der Waals surface area contributed by atoms with Gasteiger partial charge in [-0.1, -0.05) is 11.6 Å². The van der Waals surface area contributed by atoms with E-state index < -0.39 is 17.4 Å². The molecular formula is C13H6ClF2IO. The summed E-state index contributed by atoms with van der Waals surface area (Å²) in [5.41, 5.74) is -0.0391. The van der Waals surface area contributed by atoms with E-state index in [2.05, 4.69) is 0 Å². The van der Waals surface area contributed by atoms with Crippen LogP contribution >= 0.6 is 34.2 Å².